The minimum atomic E-state index is -0.685. The van der Waals surface area contributed by atoms with Crippen molar-refractivity contribution in [2.75, 3.05) is 5.75 Å². The molecule has 0 saturated heterocycles. The van der Waals surface area contributed by atoms with Crippen LogP contribution in [-0.2, 0) is 21.9 Å². The first-order chi connectivity index (χ1) is 14.7. The number of nitrogens with zero attached hydrogens (tertiary/aromatic N) is 1. The highest BCUT2D eigenvalue weighted by molar-refractivity contribution is 7.99. The van der Waals surface area contributed by atoms with Crippen LogP contribution in [0.25, 0.3) is 0 Å². The lowest BCUT2D eigenvalue weighted by atomic mass is 10.1. The van der Waals surface area contributed by atoms with Gasteiger partial charge in [-0.2, -0.15) is 0 Å². The van der Waals surface area contributed by atoms with Crippen molar-refractivity contribution in [3.05, 3.63) is 69.5 Å². The Bertz CT molecular complexity index is 893. The van der Waals surface area contributed by atoms with Gasteiger partial charge in [-0.1, -0.05) is 54.4 Å². The van der Waals surface area contributed by atoms with E-state index in [0.29, 0.717) is 15.6 Å². The van der Waals surface area contributed by atoms with Gasteiger partial charge in [-0.05, 0) is 44.0 Å². The Morgan fingerprint density at radius 2 is 1.77 bits per heavy atom. The highest BCUT2D eigenvalue weighted by Gasteiger charge is 2.27. The van der Waals surface area contributed by atoms with Gasteiger partial charge in [-0.25, -0.2) is 4.39 Å². The lowest BCUT2D eigenvalue weighted by Crippen LogP contribution is -2.50. The third kappa shape index (κ3) is 7.41. The van der Waals surface area contributed by atoms with Crippen molar-refractivity contribution < 1.29 is 14.0 Å². The van der Waals surface area contributed by atoms with E-state index in [-0.39, 0.29) is 35.9 Å². The maximum atomic E-state index is 14.0. The number of rotatable bonds is 10. The third-order valence-corrected chi connectivity index (χ3v) is 6.67. The Hall–Kier alpha value is -1.76. The van der Waals surface area contributed by atoms with Crippen molar-refractivity contribution in [3.8, 4) is 0 Å². The minimum Gasteiger partial charge on any atom is -0.352 e. The van der Waals surface area contributed by atoms with Crippen LogP contribution in [0.15, 0.2) is 42.5 Å². The number of thioether (sulfide) groups is 1. The van der Waals surface area contributed by atoms with Crippen molar-refractivity contribution in [1.82, 2.24) is 10.2 Å². The van der Waals surface area contributed by atoms with Gasteiger partial charge < -0.3 is 10.2 Å². The molecule has 0 unspecified atom stereocenters. The highest BCUT2D eigenvalue weighted by atomic mass is 35.5. The first-order valence-electron chi connectivity index (χ1n) is 10.1. The summed E-state index contributed by atoms with van der Waals surface area (Å²) in [7, 11) is 0. The van der Waals surface area contributed by atoms with E-state index in [4.69, 9.17) is 23.2 Å². The number of hydrogen-bond acceptors (Lipinski definition) is 3. The average Bonchev–Trinajstić information content (AvgIpc) is 2.74. The molecule has 2 aromatic carbocycles. The number of hydrogen-bond donors (Lipinski definition) is 1. The lowest BCUT2D eigenvalue weighted by Gasteiger charge is -2.30. The Morgan fingerprint density at radius 3 is 2.42 bits per heavy atom. The van der Waals surface area contributed by atoms with E-state index >= 15 is 0 Å². The quantitative estimate of drug-likeness (QED) is 0.470. The molecule has 0 bridgehead atoms. The third-order valence-electron chi connectivity index (χ3n) is 5.00. The summed E-state index contributed by atoms with van der Waals surface area (Å²) in [6.07, 6.45) is 0.788. The zero-order valence-electron chi connectivity index (χ0n) is 17.8. The van der Waals surface area contributed by atoms with E-state index in [1.165, 1.54) is 22.7 Å². The van der Waals surface area contributed by atoms with Crippen molar-refractivity contribution in [2.24, 2.45) is 0 Å². The molecule has 0 heterocycles. The van der Waals surface area contributed by atoms with Gasteiger partial charge in [0.05, 0.1) is 5.75 Å². The van der Waals surface area contributed by atoms with E-state index in [9.17, 15) is 14.0 Å². The van der Waals surface area contributed by atoms with Crippen LogP contribution in [0.5, 0.6) is 0 Å². The van der Waals surface area contributed by atoms with Gasteiger partial charge in [0.15, 0.2) is 0 Å². The van der Waals surface area contributed by atoms with Crippen molar-refractivity contribution in [1.29, 1.82) is 0 Å². The molecule has 0 spiro atoms. The van der Waals surface area contributed by atoms with Gasteiger partial charge in [0.25, 0.3) is 0 Å². The molecule has 0 aliphatic rings. The molecule has 0 saturated carbocycles. The second kappa shape index (κ2) is 12.3. The molecule has 0 aromatic heterocycles. The van der Waals surface area contributed by atoms with Crippen LogP contribution >= 0.6 is 35.0 Å². The maximum Gasteiger partial charge on any atom is 0.242 e. The van der Waals surface area contributed by atoms with E-state index < -0.39 is 11.9 Å². The second-order valence-corrected chi connectivity index (χ2v) is 9.10. The van der Waals surface area contributed by atoms with Crippen LogP contribution in [0.2, 0.25) is 10.0 Å². The molecule has 0 aliphatic carbocycles. The van der Waals surface area contributed by atoms with Gasteiger partial charge in [0.2, 0.25) is 11.8 Å². The second-order valence-electron chi connectivity index (χ2n) is 7.30. The van der Waals surface area contributed by atoms with Crippen LogP contribution in [0.4, 0.5) is 4.39 Å². The maximum absolute atomic E-state index is 14.0. The summed E-state index contributed by atoms with van der Waals surface area (Å²) in [5.74, 6) is -0.525. The topological polar surface area (TPSA) is 49.4 Å². The molecule has 1 N–H and O–H groups in total. The van der Waals surface area contributed by atoms with Gasteiger partial charge >= 0.3 is 0 Å². The molecule has 2 aromatic rings. The zero-order chi connectivity index (χ0) is 23.0. The molecule has 2 amide bonds. The summed E-state index contributed by atoms with van der Waals surface area (Å²) in [5.41, 5.74) is 1.12. The molecule has 31 heavy (non-hydrogen) atoms. The summed E-state index contributed by atoms with van der Waals surface area (Å²) in [6, 6.07) is 11.0. The summed E-state index contributed by atoms with van der Waals surface area (Å²) in [6.45, 7) is 5.80. The monoisotopic (exact) mass is 484 g/mol. The largest absolute Gasteiger partial charge is 0.352 e. The molecular formula is C23H27Cl2FN2O2S. The summed E-state index contributed by atoms with van der Waals surface area (Å²) >= 11 is 13.6. The molecule has 168 valence electrons. The van der Waals surface area contributed by atoms with Crippen LogP contribution in [0.1, 0.15) is 38.3 Å². The molecule has 0 aliphatic heterocycles. The van der Waals surface area contributed by atoms with Crippen LogP contribution < -0.4 is 5.32 Å². The minimum absolute atomic E-state index is 0.00443. The van der Waals surface area contributed by atoms with E-state index in [2.05, 4.69) is 5.32 Å². The standard InChI is InChI=1S/C23H27Cl2FN2O2S/c1-4-15(2)27-23(30)16(3)28(12-17-8-5-6-9-19(17)24)22(29)14-31-13-18-20(25)10-7-11-21(18)26/h5-11,15-16H,4,12-14H2,1-3H3,(H,27,30)/t15-,16-/m1/s1. The number of amides is 2. The average molecular weight is 485 g/mol. The van der Waals surface area contributed by atoms with Crippen LogP contribution in [0, 0.1) is 5.82 Å². The molecule has 0 radical (unpaired) electrons. The summed E-state index contributed by atoms with van der Waals surface area (Å²) < 4.78 is 14.0. The Labute approximate surface area is 197 Å². The molecule has 2 atom stereocenters. The van der Waals surface area contributed by atoms with E-state index in [0.717, 1.165) is 12.0 Å². The zero-order valence-corrected chi connectivity index (χ0v) is 20.2. The van der Waals surface area contributed by atoms with Gasteiger partial charge in [0.1, 0.15) is 11.9 Å². The molecule has 2 rings (SSSR count). The Kier molecular flexibility index (Phi) is 10.1. The first-order valence-corrected chi connectivity index (χ1v) is 12.0. The summed E-state index contributed by atoms with van der Waals surface area (Å²) in [5, 5.41) is 3.78. The smallest absolute Gasteiger partial charge is 0.242 e. The van der Waals surface area contributed by atoms with Crippen molar-refractivity contribution in [3.63, 3.8) is 0 Å². The fourth-order valence-electron chi connectivity index (χ4n) is 2.85. The molecule has 4 nitrogen and oxygen atoms in total. The van der Waals surface area contributed by atoms with Gasteiger partial charge in [0, 0.05) is 33.9 Å². The lowest BCUT2D eigenvalue weighted by molar-refractivity contribution is -0.138. The van der Waals surface area contributed by atoms with Crippen LogP contribution in [-0.4, -0.2) is 34.6 Å². The van der Waals surface area contributed by atoms with E-state index in [1.54, 1.807) is 25.1 Å². The number of benzene rings is 2. The Balaban J connectivity index is 2.13. The van der Waals surface area contributed by atoms with Gasteiger partial charge in [-0.3, -0.25) is 9.59 Å². The number of carbonyl (C=O) groups is 2. The predicted molar refractivity (Wildman–Crippen MR) is 127 cm³/mol. The number of carbonyl (C=O) groups excluding carboxylic acids is 2. The fraction of sp³-hybridized carbons (Fsp3) is 0.391. The molecule has 0 fully saturated rings. The molecular weight excluding hydrogens is 458 g/mol. The van der Waals surface area contributed by atoms with Crippen LogP contribution in [0.3, 0.4) is 0 Å². The molecule has 8 heteroatoms. The first kappa shape index (κ1) is 25.5. The van der Waals surface area contributed by atoms with Crippen molar-refractivity contribution >= 4 is 46.8 Å². The highest BCUT2D eigenvalue weighted by Crippen LogP contribution is 2.25. The van der Waals surface area contributed by atoms with Gasteiger partial charge in [-0.15, -0.1) is 11.8 Å². The Morgan fingerprint density at radius 1 is 1.10 bits per heavy atom. The van der Waals surface area contributed by atoms with Crippen molar-refractivity contribution in [2.45, 2.75) is 51.6 Å². The summed E-state index contributed by atoms with van der Waals surface area (Å²) in [4.78, 5) is 27.3. The fourth-order valence-corrected chi connectivity index (χ4v) is 4.30. The number of halogens is 3. The number of nitrogens with one attached hydrogen (secondary N) is 1. The normalized spacial score (nSPS) is 12.8. The SMILES string of the molecule is CC[C@@H](C)NC(=O)[C@@H](C)N(Cc1ccccc1Cl)C(=O)CSCc1c(F)cccc1Cl. The van der Waals surface area contributed by atoms with E-state index in [1.807, 2.05) is 32.0 Å². The predicted octanol–water partition coefficient (Wildman–Crippen LogP) is 5.70.